The summed E-state index contributed by atoms with van der Waals surface area (Å²) in [7, 11) is 1.63. The first-order valence-corrected chi connectivity index (χ1v) is 12.9. The third kappa shape index (κ3) is 5.43. The number of benzene rings is 2. The van der Waals surface area contributed by atoms with E-state index in [1.54, 1.807) is 17.9 Å². The first-order valence-electron chi connectivity index (χ1n) is 12.9. The van der Waals surface area contributed by atoms with Gasteiger partial charge in [-0.3, -0.25) is 10.2 Å². The largest absolute Gasteiger partial charge is 0.393 e. The normalized spacial score (nSPS) is 23.3. The van der Waals surface area contributed by atoms with E-state index in [-0.39, 0.29) is 24.0 Å². The number of likely N-dealkylation sites (tertiary alicyclic amines) is 1. The molecule has 0 bridgehead atoms. The highest BCUT2D eigenvalue weighted by atomic mass is 19.2. The molecular formula is C28H33F2N5O3. The number of carbonyl (C=O) groups is 1. The molecule has 202 valence electrons. The van der Waals surface area contributed by atoms with Gasteiger partial charge in [-0.05, 0) is 49.6 Å². The van der Waals surface area contributed by atoms with Crippen molar-refractivity contribution in [1.82, 2.24) is 20.0 Å². The molecule has 2 aromatic carbocycles. The molecule has 5 rings (SSSR count). The van der Waals surface area contributed by atoms with E-state index >= 15 is 0 Å². The molecule has 38 heavy (non-hydrogen) atoms. The van der Waals surface area contributed by atoms with Gasteiger partial charge in [0.15, 0.2) is 11.6 Å². The van der Waals surface area contributed by atoms with Crippen molar-refractivity contribution in [3.63, 3.8) is 0 Å². The SMILES string of the molecule is COCCN1C[C@@H](NC(=O)Nc2c(C)c([C@H]3C[C@@H](O)C3)nn2-c2ccccc2)[C@H](c2ccc(F)c(F)c2)C1. The predicted octanol–water partition coefficient (Wildman–Crippen LogP) is 3.93. The maximum Gasteiger partial charge on any atom is 0.320 e. The van der Waals surface area contributed by atoms with Crippen molar-refractivity contribution in [3.8, 4) is 5.69 Å². The molecule has 0 unspecified atom stereocenters. The Bertz CT molecular complexity index is 1280. The monoisotopic (exact) mass is 525 g/mol. The van der Waals surface area contributed by atoms with Crippen LogP contribution in [0.4, 0.5) is 19.4 Å². The molecular weight excluding hydrogens is 492 g/mol. The number of amides is 2. The van der Waals surface area contributed by atoms with Crippen LogP contribution in [0.25, 0.3) is 5.69 Å². The summed E-state index contributed by atoms with van der Waals surface area (Å²) in [5.41, 5.74) is 3.15. The van der Waals surface area contributed by atoms with Gasteiger partial charge in [0.05, 0.1) is 30.1 Å². The van der Waals surface area contributed by atoms with Crippen molar-refractivity contribution >= 4 is 11.8 Å². The first kappa shape index (κ1) is 26.3. The minimum Gasteiger partial charge on any atom is -0.393 e. The number of para-hydroxylation sites is 1. The molecule has 2 amide bonds. The second-order valence-corrected chi connectivity index (χ2v) is 10.2. The number of rotatable bonds is 8. The van der Waals surface area contributed by atoms with Crippen LogP contribution in [-0.2, 0) is 4.74 Å². The van der Waals surface area contributed by atoms with E-state index in [1.165, 1.54) is 6.07 Å². The number of ether oxygens (including phenoxy) is 1. The van der Waals surface area contributed by atoms with Crippen LogP contribution in [0.15, 0.2) is 48.5 Å². The summed E-state index contributed by atoms with van der Waals surface area (Å²) < 4.78 is 34.6. The molecule has 1 saturated heterocycles. The fraction of sp³-hybridized carbons (Fsp3) is 0.429. The van der Waals surface area contributed by atoms with Gasteiger partial charge in [-0.15, -0.1) is 0 Å². The smallest absolute Gasteiger partial charge is 0.320 e. The topological polar surface area (TPSA) is 91.7 Å². The summed E-state index contributed by atoms with van der Waals surface area (Å²) in [5, 5.41) is 20.7. The van der Waals surface area contributed by atoms with Gasteiger partial charge in [-0.2, -0.15) is 5.10 Å². The minimum atomic E-state index is -0.905. The summed E-state index contributed by atoms with van der Waals surface area (Å²) in [4.78, 5) is 15.5. The van der Waals surface area contributed by atoms with Gasteiger partial charge in [0, 0.05) is 44.1 Å². The molecule has 0 radical (unpaired) electrons. The highest BCUT2D eigenvalue weighted by Gasteiger charge is 2.36. The van der Waals surface area contributed by atoms with Gasteiger partial charge < -0.3 is 15.2 Å². The molecule has 2 fully saturated rings. The fourth-order valence-corrected chi connectivity index (χ4v) is 5.44. The molecule has 3 N–H and O–H groups in total. The molecule has 1 saturated carbocycles. The van der Waals surface area contributed by atoms with Crippen LogP contribution in [0.1, 0.15) is 41.5 Å². The van der Waals surface area contributed by atoms with E-state index < -0.39 is 17.7 Å². The molecule has 1 aliphatic carbocycles. The number of urea groups is 1. The summed E-state index contributed by atoms with van der Waals surface area (Å²) in [6.07, 6.45) is 0.971. The number of hydrogen-bond donors (Lipinski definition) is 3. The van der Waals surface area contributed by atoms with Crippen molar-refractivity contribution < 1.29 is 23.4 Å². The Hall–Kier alpha value is -3.34. The average Bonchev–Trinajstić information content (AvgIpc) is 3.43. The predicted molar refractivity (Wildman–Crippen MR) is 140 cm³/mol. The number of aliphatic hydroxyl groups excluding tert-OH is 1. The molecule has 3 aromatic rings. The molecule has 10 heteroatoms. The van der Waals surface area contributed by atoms with Gasteiger partial charge in [0.1, 0.15) is 5.82 Å². The number of halogens is 2. The van der Waals surface area contributed by atoms with Gasteiger partial charge in [0.2, 0.25) is 0 Å². The quantitative estimate of drug-likeness (QED) is 0.415. The maximum atomic E-state index is 14.1. The lowest BCUT2D eigenvalue weighted by molar-refractivity contribution is 0.0729. The second kappa shape index (κ2) is 11.2. The van der Waals surface area contributed by atoms with Crippen LogP contribution >= 0.6 is 0 Å². The molecule has 1 aliphatic heterocycles. The van der Waals surface area contributed by atoms with Gasteiger partial charge in [0.25, 0.3) is 0 Å². The average molecular weight is 526 g/mol. The highest BCUT2D eigenvalue weighted by Crippen LogP contribution is 2.40. The van der Waals surface area contributed by atoms with Crippen LogP contribution in [0, 0.1) is 18.6 Å². The van der Waals surface area contributed by atoms with Gasteiger partial charge in [-0.25, -0.2) is 18.3 Å². The summed E-state index contributed by atoms with van der Waals surface area (Å²) in [6, 6.07) is 12.7. The first-order chi connectivity index (χ1) is 18.3. The number of aromatic nitrogens is 2. The third-order valence-corrected chi connectivity index (χ3v) is 7.59. The van der Waals surface area contributed by atoms with Crippen molar-refractivity contribution in [2.45, 2.75) is 43.7 Å². The second-order valence-electron chi connectivity index (χ2n) is 10.2. The zero-order valence-electron chi connectivity index (χ0n) is 21.5. The molecule has 1 aromatic heterocycles. The lowest BCUT2D eigenvalue weighted by atomic mass is 9.79. The lowest BCUT2D eigenvalue weighted by Gasteiger charge is -2.30. The Morgan fingerprint density at radius 1 is 1.13 bits per heavy atom. The van der Waals surface area contributed by atoms with E-state index in [2.05, 4.69) is 15.5 Å². The molecule has 2 atom stereocenters. The minimum absolute atomic E-state index is 0.139. The van der Waals surface area contributed by atoms with E-state index in [0.29, 0.717) is 50.5 Å². The van der Waals surface area contributed by atoms with Crippen molar-refractivity contribution in [3.05, 3.63) is 77.0 Å². The Kier molecular flexibility index (Phi) is 7.73. The van der Waals surface area contributed by atoms with Crippen LogP contribution in [0.2, 0.25) is 0 Å². The molecule has 8 nitrogen and oxygen atoms in total. The van der Waals surface area contributed by atoms with E-state index in [9.17, 15) is 18.7 Å². The Morgan fingerprint density at radius 3 is 2.58 bits per heavy atom. The van der Waals surface area contributed by atoms with E-state index in [4.69, 9.17) is 9.84 Å². The third-order valence-electron chi connectivity index (χ3n) is 7.59. The highest BCUT2D eigenvalue weighted by molar-refractivity contribution is 5.90. The van der Waals surface area contributed by atoms with E-state index in [1.807, 2.05) is 37.3 Å². The van der Waals surface area contributed by atoms with Gasteiger partial charge >= 0.3 is 6.03 Å². The number of hydrogen-bond acceptors (Lipinski definition) is 5. The number of nitrogens with one attached hydrogen (secondary N) is 2. The van der Waals surface area contributed by atoms with Gasteiger partial charge in [-0.1, -0.05) is 24.3 Å². The van der Waals surface area contributed by atoms with Crippen molar-refractivity contribution in [2.24, 2.45) is 0 Å². The molecule has 2 aliphatic rings. The summed E-state index contributed by atoms with van der Waals surface area (Å²) >= 11 is 0. The zero-order valence-corrected chi connectivity index (χ0v) is 21.5. The number of carbonyl (C=O) groups excluding carboxylic acids is 1. The Morgan fingerprint density at radius 2 is 1.89 bits per heavy atom. The molecule has 0 spiro atoms. The van der Waals surface area contributed by atoms with E-state index in [0.717, 1.165) is 23.0 Å². The molecule has 2 heterocycles. The van der Waals surface area contributed by atoms with Crippen LogP contribution in [0.5, 0.6) is 0 Å². The summed E-state index contributed by atoms with van der Waals surface area (Å²) in [5.74, 6) is -1.33. The Balaban J connectivity index is 1.38. The lowest BCUT2D eigenvalue weighted by Crippen LogP contribution is -2.42. The number of anilines is 1. The maximum absolute atomic E-state index is 14.1. The van der Waals surface area contributed by atoms with Crippen LogP contribution in [0.3, 0.4) is 0 Å². The van der Waals surface area contributed by atoms with Crippen molar-refractivity contribution in [1.29, 1.82) is 0 Å². The number of methoxy groups -OCH3 is 1. The zero-order chi connectivity index (χ0) is 26.8. The Labute approximate surface area is 220 Å². The van der Waals surface area contributed by atoms with Crippen molar-refractivity contribution in [2.75, 3.05) is 38.7 Å². The number of nitrogens with zero attached hydrogens (tertiary/aromatic N) is 3. The van der Waals surface area contributed by atoms with Crippen LogP contribution in [-0.4, -0.2) is 71.3 Å². The standard InChI is InChI=1S/C28H33F2N5O3/c1-17-26(19-12-21(36)13-19)33-35(20-6-4-3-5-7-20)27(17)32-28(37)31-25-16-34(10-11-38-2)15-22(25)18-8-9-23(29)24(30)14-18/h3-9,14,19,21-22,25,36H,10-13,15-16H2,1-2H3,(H2,31,32,37)/t19-,21+,22-,25+/m0/s1. The number of aliphatic hydroxyl groups is 1. The van der Waals surface area contributed by atoms with Crippen LogP contribution < -0.4 is 10.6 Å². The summed E-state index contributed by atoms with van der Waals surface area (Å²) in [6.45, 7) is 4.23. The fourth-order valence-electron chi connectivity index (χ4n) is 5.44.